The molecule has 0 amide bonds. The molecular weight excluding hydrogens is 394 g/mol. The molecule has 0 heterocycles. The topological polar surface area (TPSA) is 61.3 Å². The first kappa shape index (κ1) is 24.5. The number of benzene rings is 3. The molecule has 0 spiro atoms. The van der Waals surface area contributed by atoms with Gasteiger partial charge >= 0.3 is 0 Å². The summed E-state index contributed by atoms with van der Waals surface area (Å²) in [5, 5.41) is 0. The van der Waals surface area contributed by atoms with Crippen LogP contribution in [0.1, 0.15) is 27.2 Å². The maximum atomic E-state index is 13.2. The van der Waals surface area contributed by atoms with Gasteiger partial charge in [-0.15, -0.1) is 0 Å². The van der Waals surface area contributed by atoms with Crippen LogP contribution in [-0.4, -0.2) is 19.2 Å². The largest absolute Gasteiger partial charge is 0.492 e. The van der Waals surface area contributed by atoms with Gasteiger partial charge in [-0.2, -0.15) is 0 Å². The second-order valence-corrected chi connectivity index (χ2v) is 7.71. The van der Waals surface area contributed by atoms with Crippen molar-refractivity contribution in [2.24, 2.45) is 17.4 Å². The van der Waals surface area contributed by atoms with E-state index in [1.54, 1.807) is 24.3 Å². The molecule has 31 heavy (non-hydrogen) atoms. The number of hydrogen-bond donors (Lipinski definition) is 2. The van der Waals surface area contributed by atoms with E-state index >= 15 is 0 Å². The monoisotopic (exact) mass is 426 g/mol. The first-order valence-electron chi connectivity index (χ1n) is 10.6. The molecule has 0 aliphatic carbocycles. The quantitative estimate of drug-likeness (QED) is 0.486. The summed E-state index contributed by atoms with van der Waals surface area (Å²) >= 11 is 0. The van der Waals surface area contributed by atoms with Crippen molar-refractivity contribution >= 4 is 0 Å². The second-order valence-electron chi connectivity index (χ2n) is 7.71. The van der Waals surface area contributed by atoms with E-state index in [1.807, 2.05) is 18.2 Å². The molecule has 1 atom stereocenters. The predicted molar refractivity (Wildman–Crippen MR) is 125 cm³/mol. The van der Waals surface area contributed by atoms with Gasteiger partial charge < -0.3 is 16.2 Å². The SMILES string of the molecule is CCC(N)C(C)C.NCCOc1cc(-c2ccc(F)cc2)cc(-c2ccc(F)cc2)c1. The van der Waals surface area contributed by atoms with Crippen LogP contribution in [0.4, 0.5) is 8.78 Å². The predicted octanol–water partition coefficient (Wildman–Crippen LogP) is 6.02. The van der Waals surface area contributed by atoms with Crippen molar-refractivity contribution in [1.82, 2.24) is 0 Å². The van der Waals surface area contributed by atoms with Crippen molar-refractivity contribution in [2.45, 2.75) is 33.2 Å². The average molecular weight is 427 g/mol. The molecule has 0 aliphatic heterocycles. The van der Waals surface area contributed by atoms with Crippen LogP contribution in [-0.2, 0) is 0 Å². The smallest absolute Gasteiger partial charge is 0.123 e. The van der Waals surface area contributed by atoms with E-state index in [-0.39, 0.29) is 11.6 Å². The second kappa shape index (κ2) is 12.2. The summed E-state index contributed by atoms with van der Waals surface area (Å²) in [5.74, 6) is 0.743. The van der Waals surface area contributed by atoms with Crippen LogP contribution in [0.25, 0.3) is 22.3 Å². The van der Waals surface area contributed by atoms with Crippen LogP contribution >= 0.6 is 0 Å². The van der Waals surface area contributed by atoms with Crippen molar-refractivity contribution in [2.75, 3.05) is 13.2 Å². The summed E-state index contributed by atoms with van der Waals surface area (Å²) in [4.78, 5) is 0. The molecule has 3 rings (SSSR count). The van der Waals surface area contributed by atoms with Crippen molar-refractivity contribution in [3.05, 3.63) is 78.4 Å². The zero-order valence-electron chi connectivity index (χ0n) is 18.4. The Balaban J connectivity index is 0.000000423. The Labute approximate surface area is 184 Å². The molecule has 0 aromatic heterocycles. The fraction of sp³-hybridized carbons (Fsp3) is 0.308. The minimum Gasteiger partial charge on any atom is -0.492 e. The van der Waals surface area contributed by atoms with Gasteiger partial charge in [-0.3, -0.25) is 0 Å². The Bertz CT molecular complexity index is 861. The van der Waals surface area contributed by atoms with E-state index in [2.05, 4.69) is 20.8 Å². The highest BCUT2D eigenvalue weighted by Crippen LogP contribution is 2.31. The standard InChI is InChI=1S/C20H17F2NO.C6H15N/c21-18-5-1-14(2-6-18)16-11-17(13-20(12-16)24-10-9-23)15-3-7-19(22)8-4-15;1-4-6(7)5(2)3/h1-8,11-13H,9-10,23H2;5-6H,4,7H2,1-3H3. The fourth-order valence-electron chi connectivity index (χ4n) is 2.95. The molecule has 5 heteroatoms. The summed E-state index contributed by atoms with van der Waals surface area (Å²) in [6.07, 6.45) is 1.09. The summed E-state index contributed by atoms with van der Waals surface area (Å²) in [5.41, 5.74) is 14.6. The summed E-state index contributed by atoms with van der Waals surface area (Å²) < 4.78 is 32.0. The maximum absolute atomic E-state index is 13.2. The summed E-state index contributed by atoms with van der Waals surface area (Å²) in [6, 6.07) is 18.7. The Morgan fingerprint density at radius 3 is 1.55 bits per heavy atom. The molecule has 0 bridgehead atoms. The molecule has 3 aromatic rings. The van der Waals surface area contributed by atoms with Crippen LogP contribution in [0, 0.1) is 17.6 Å². The van der Waals surface area contributed by atoms with Crippen LogP contribution < -0.4 is 16.2 Å². The number of halogens is 2. The van der Waals surface area contributed by atoms with Crippen molar-refractivity contribution < 1.29 is 13.5 Å². The first-order valence-corrected chi connectivity index (χ1v) is 10.6. The normalized spacial score (nSPS) is 11.6. The molecule has 0 fully saturated rings. The van der Waals surface area contributed by atoms with Crippen molar-refractivity contribution in [1.29, 1.82) is 0 Å². The van der Waals surface area contributed by atoms with Gasteiger partial charge in [0.2, 0.25) is 0 Å². The Kier molecular flexibility index (Phi) is 9.63. The zero-order chi connectivity index (χ0) is 22.8. The van der Waals surface area contributed by atoms with E-state index in [4.69, 9.17) is 16.2 Å². The number of nitrogens with two attached hydrogens (primary N) is 2. The molecule has 0 saturated carbocycles. The first-order chi connectivity index (χ1) is 14.8. The highest BCUT2D eigenvalue weighted by Gasteiger charge is 2.07. The minimum atomic E-state index is -0.284. The Morgan fingerprint density at radius 2 is 1.23 bits per heavy atom. The third kappa shape index (κ3) is 7.78. The molecule has 1 unspecified atom stereocenters. The van der Waals surface area contributed by atoms with Gasteiger partial charge in [-0.25, -0.2) is 8.78 Å². The summed E-state index contributed by atoms with van der Waals surface area (Å²) in [6.45, 7) is 7.22. The van der Waals surface area contributed by atoms with E-state index in [0.29, 0.717) is 30.9 Å². The third-order valence-electron chi connectivity index (χ3n) is 4.98. The van der Waals surface area contributed by atoms with Crippen molar-refractivity contribution in [3.63, 3.8) is 0 Å². The van der Waals surface area contributed by atoms with Gasteiger partial charge in [0.05, 0.1) is 0 Å². The van der Waals surface area contributed by atoms with E-state index < -0.39 is 0 Å². The Morgan fingerprint density at radius 1 is 0.774 bits per heavy atom. The molecule has 166 valence electrons. The minimum absolute atomic E-state index is 0.284. The van der Waals surface area contributed by atoms with E-state index in [1.165, 1.54) is 24.3 Å². The lowest BCUT2D eigenvalue weighted by Crippen LogP contribution is -2.24. The highest BCUT2D eigenvalue weighted by atomic mass is 19.1. The molecule has 0 saturated heterocycles. The van der Waals surface area contributed by atoms with Gasteiger partial charge in [0.15, 0.2) is 0 Å². The van der Waals surface area contributed by atoms with Gasteiger partial charge in [0, 0.05) is 12.6 Å². The van der Waals surface area contributed by atoms with Gasteiger partial charge in [0.25, 0.3) is 0 Å². The van der Waals surface area contributed by atoms with Gasteiger partial charge in [0.1, 0.15) is 24.0 Å². The number of hydrogen-bond acceptors (Lipinski definition) is 3. The van der Waals surface area contributed by atoms with Crippen LogP contribution in [0.15, 0.2) is 66.7 Å². The molecule has 0 radical (unpaired) electrons. The van der Waals surface area contributed by atoms with E-state index in [0.717, 1.165) is 28.7 Å². The zero-order valence-corrected chi connectivity index (χ0v) is 18.4. The average Bonchev–Trinajstić information content (AvgIpc) is 2.78. The maximum Gasteiger partial charge on any atom is 0.123 e. The van der Waals surface area contributed by atoms with Crippen LogP contribution in [0.5, 0.6) is 5.75 Å². The van der Waals surface area contributed by atoms with Gasteiger partial charge in [-0.05, 0) is 77.1 Å². The van der Waals surface area contributed by atoms with E-state index in [9.17, 15) is 8.78 Å². The summed E-state index contributed by atoms with van der Waals surface area (Å²) in [7, 11) is 0. The van der Waals surface area contributed by atoms with Gasteiger partial charge in [-0.1, -0.05) is 45.0 Å². The Hall–Kier alpha value is -2.76. The highest BCUT2D eigenvalue weighted by molar-refractivity contribution is 5.75. The molecule has 3 nitrogen and oxygen atoms in total. The molecular formula is C26H32F2N2O. The lowest BCUT2D eigenvalue weighted by molar-refractivity contribution is 0.328. The lowest BCUT2D eigenvalue weighted by atomic mass is 9.98. The number of rotatable bonds is 7. The lowest BCUT2D eigenvalue weighted by Gasteiger charge is -2.12. The fourth-order valence-corrected chi connectivity index (χ4v) is 2.95. The van der Waals surface area contributed by atoms with Crippen LogP contribution in [0.3, 0.4) is 0 Å². The third-order valence-corrected chi connectivity index (χ3v) is 4.98. The van der Waals surface area contributed by atoms with Crippen LogP contribution in [0.2, 0.25) is 0 Å². The van der Waals surface area contributed by atoms with Crippen molar-refractivity contribution in [3.8, 4) is 28.0 Å². The number of ether oxygens (including phenoxy) is 1. The molecule has 0 aliphatic rings. The molecule has 4 N–H and O–H groups in total. The molecule has 3 aromatic carbocycles.